The minimum atomic E-state index is -0.288. The summed E-state index contributed by atoms with van der Waals surface area (Å²) in [5.74, 6) is 2.21. The lowest BCUT2D eigenvalue weighted by Crippen LogP contribution is -2.44. The zero-order chi connectivity index (χ0) is 25.0. The van der Waals surface area contributed by atoms with Gasteiger partial charge in [-0.2, -0.15) is 0 Å². The van der Waals surface area contributed by atoms with Crippen molar-refractivity contribution in [1.82, 2.24) is 9.38 Å². The number of H-pyrrole nitrogens is 1. The molecule has 1 saturated carbocycles. The van der Waals surface area contributed by atoms with Crippen LogP contribution in [0.3, 0.4) is 0 Å². The fourth-order valence-corrected chi connectivity index (χ4v) is 6.52. The predicted molar refractivity (Wildman–Crippen MR) is 155 cm³/mol. The molecule has 1 aliphatic carbocycles. The molecule has 4 rings (SSSR count). The molecule has 1 aromatic carbocycles. The van der Waals surface area contributed by atoms with Crippen LogP contribution in [0.25, 0.3) is 16.8 Å². The highest BCUT2D eigenvalue weighted by Gasteiger charge is 2.46. The van der Waals surface area contributed by atoms with Gasteiger partial charge in [0.15, 0.2) is 0 Å². The van der Waals surface area contributed by atoms with Crippen molar-refractivity contribution in [1.29, 1.82) is 0 Å². The molecule has 2 N–H and O–H groups in total. The van der Waals surface area contributed by atoms with Crippen LogP contribution in [0.15, 0.2) is 41.3 Å². The molecule has 0 bridgehead atoms. The summed E-state index contributed by atoms with van der Waals surface area (Å²) in [7, 11) is 0. The smallest absolute Gasteiger partial charge is 0.254 e. The van der Waals surface area contributed by atoms with Crippen molar-refractivity contribution >= 4 is 17.2 Å². The van der Waals surface area contributed by atoms with Crippen LogP contribution in [0.5, 0.6) is 5.88 Å². The number of hydrogen-bond acceptors (Lipinski definition) is 2. The molecule has 0 spiro atoms. The average Bonchev–Trinajstić information content (AvgIpc) is 3.06. The second kappa shape index (κ2) is 10.7. The highest BCUT2D eigenvalue weighted by molar-refractivity contribution is 6.30. The zero-order valence-electron chi connectivity index (χ0n) is 21.6. The number of halogens is 1. The fourth-order valence-electron chi connectivity index (χ4n) is 6.39. The van der Waals surface area contributed by atoms with E-state index in [1.807, 2.05) is 30.5 Å². The maximum atomic E-state index is 12.4. The van der Waals surface area contributed by atoms with Crippen LogP contribution in [-0.2, 0) is 6.42 Å². The first-order chi connectivity index (χ1) is 15.8. The first-order valence-electron chi connectivity index (χ1n) is 12.5. The molecule has 36 heavy (non-hydrogen) atoms. The van der Waals surface area contributed by atoms with E-state index in [1.165, 1.54) is 18.9 Å². The Morgan fingerprint density at radius 1 is 1.00 bits per heavy atom. The van der Waals surface area contributed by atoms with Crippen LogP contribution >= 0.6 is 11.6 Å². The predicted octanol–water partition coefficient (Wildman–Crippen LogP) is 8.84. The second-order valence-electron chi connectivity index (χ2n) is 12.6. The highest BCUT2D eigenvalue weighted by atomic mass is 35.5. The van der Waals surface area contributed by atoms with Gasteiger partial charge in [-0.05, 0) is 71.5 Å². The molecule has 2 aromatic heterocycles. The molecule has 2 unspecified atom stereocenters. The van der Waals surface area contributed by atoms with Crippen LogP contribution in [0.1, 0.15) is 81.7 Å². The number of fused-ring (bicyclic) bond motifs is 1. The van der Waals surface area contributed by atoms with Crippen LogP contribution in [0.4, 0.5) is 0 Å². The number of rotatable bonds is 3. The van der Waals surface area contributed by atoms with Gasteiger partial charge in [0.1, 0.15) is 5.65 Å². The minimum absolute atomic E-state index is 0. The molecule has 200 valence electrons. The van der Waals surface area contributed by atoms with Crippen molar-refractivity contribution in [2.24, 2.45) is 34.5 Å². The number of nitrogens with one attached hydrogen (secondary N) is 1. The second-order valence-corrected chi connectivity index (χ2v) is 13.1. The number of aromatic nitrogens is 2. The Labute approximate surface area is 223 Å². The Balaban J connectivity index is 0.00000228. The molecule has 0 aliphatic heterocycles. The van der Waals surface area contributed by atoms with Gasteiger partial charge in [-0.1, -0.05) is 87.1 Å². The summed E-state index contributed by atoms with van der Waals surface area (Å²) in [5, 5.41) is 11.3. The van der Waals surface area contributed by atoms with Gasteiger partial charge < -0.3 is 10.1 Å². The molecule has 0 radical (unpaired) electrons. The number of aromatic amines is 1. The summed E-state index contributed by atoms with van der Waals surface area (Å²) in [6, 6.07) is 9.05. The summed E-state index contributed by atoms with van der Waals surface area (Å²) >= 11 is 6.18. The molecule has 5 heteroatoms. The van der Waals surface area contributed by atoms with Crippen molar-refractivity contribution in [3.05, 3.63) is 57.5 Å². The Bertz CT molecular complexity index is 1200. The normalized spacial score (nSPS) is 22.7. The third-order valence-electron chi connectivity index (χ3n) is 8.02. The molecular weight excluding hydrogens is 468 g/mol. The van der Waals surface area contributed by atoms with Gasteiger partial charge in [0.2, 0.25) is 5.88 Å². The number of nitrogens with zero attached hydrogens (tertiary/aromatic N) is 1. The molecule has 1 fully saturated rings. The van der Waals surface area contributed by atoms with E-state index in [-0.39, 0.29) is 37.1 Å². The van der Waals surface area contributed by atoms with E-state index in [0.717, 1.165) is 23.1 Å². The van der Waals surface area contributed by atoms with Gasteiger partial charge >= 0.3 is 0 Å². The van der Waals surface area contributed by atoms with E-state index in [0.29, 0.717) is 34.3 Å². The zero-order valence-corrected chi connectivity index (χ0v) is 22.3. The summed E-state index contributed by atoms with van der Waals surface area (Å²) in [4.78, 5) is 15.4. The van der Waals surface area contributed by atoms with Gasteiger partial charge in [0.05, 0.1) is 6.07 Å². The first kappa shape index (κ1) is 30.0. The Hall–Kier alpha value is -2.20. The van der Waals surface area contributed by atoms with E-state index < -0.39 is 0 Å². The Morgan fingerprint density at radius 3 is 2.03 bits per heavy atom. The van der Waals surface area contributed by atoms with Crippen molar-refractivity contribution in [3.63, 3.8) is 0 Å². The molecule has 0 saturated heterocycles. The topological polar surface area (TPSA) is 57.5 Å². The molecule has 2 heterocycles. The lowest BCUT2D eigenvalue weighted by molar-refractivity contribution is -0.0137. The molecule has 3 aromatic rings. The van der Waals surface area contributed by atoms with Crippen LogP contribution in [-0.4, -0.2) is 14.5 Å². The number of aromatic hydroxyl groups is 1. The van der Waals surface area contributed by atoms with Crippen molar-refractivity contribution < 1.29 is 5.11 Å². The minimum Gasteiger partial charge on any atom is -0.494 e. The van der Waals surface area contributed by atoms with Gasteiger partial charge in [-0.25, -0.2) is 0 Å². The monoisotopic (exact) mass is 514 g/mol. The van der Waals surface area contributed by atoms with Gasteiger partial charge in [0, 0.05) is 22.3 Å². The lowest BCUT2D eigenvalue weighted by atomic mass is 9.54. The van der Waals surface area contributed by atoms with E-state index >= 15 is 0 Å². The van der Waals surface area contributed by atoms with Crippen molar-refractivity contribution in [2.75, 3.05) is 0 Å². The first-order valence-corrected chi connectivity index (χ1v) is 12.9. The largest absolute Gasteiger partial charge is 0.494 e. The van der Waals surface area contributed by atoms with Crippen LogP contribution in [0, 0.1) is 34.5 Å². The van der Waals surface area contributed by atoms with Crippen LogP contribution in [0.2, 0.25) is 5.02 Å². The number of hydrogen-bond donors (Lipinski definition) is 2. The summed E-state index contributed by atoms with van der Waals surface area (Å²) in [6.07, 6.45) is 5.22. The third-order valence-corrected chi connectivity index (χ3v) is 8.28. The van der Waals surface area contributed by atoms with Gasteiger partial charge in [-0.15, -0.1) is 0 Å². The standard InChI is InChI=1S/C29H39ClN2O2.2CH4/c1-17-12-23(28(2,3)4)21(24(13-17)29(5,6)7)14-20-22(18-8-10-19(30)11-9-18)16-32-26(34)15-25(33)31-27(20)32;;/h8-11,15-17,21,23-24,34H,12-14H2,1-7H3,(H,31,33);2*1H4. The Kier molecular flexibility index (Phi) is 8.89. The van der Waals surface area contributed by atoms with E-state index in [1.54, 1.807) is 4.40 Å². The highest BCUT2D eigenvalue weighted by Crippen LogP contribution is 2.53. The van der Waals surface area contributed by atoms with Crippen molar-refractivity contribution in [2.45, 2.75) is 82.6 Å². The molecule has 1 aliphatic rings. The van der Waals surface area contributed by atoms with E-state index in [9.17, 15) is 9.90 Å². The Morgan fingerprint density at radius 2 is 1.53 bits per heavy atom. The number of benzene rings is 1. The maximum absolute atomic E-state index is 12.4. The van der Waals surface area contributed by atoms with Crippen molar-refractivity contribution in [3.8, 4) is 17.0 Å². The molecular formula is C31H47ClN2O2. The van der Waals surface area contributed by atoms with E-state index in [2.05, 4.69) is 53.5 Å². The average molecular weight is 515 g/mol. The summed E-state index contributed by atoms with van der Waals surface area (Å²) in [5.41, 5.74) is 3.92. The summed E-state index contributed by atoms with van der Waals surface area (Å²) < 4.78 is 1.71. The SMILES string of the molecule is C.C.CC1CC(C(C)(C)C)C(Cc2c(-c3ccc(Cl)cc3)cn3c(O)cc(=O)[nH]c23)C(C(C)(C)C)C1. The third kappa shape index (κ3) is 5.85. The fraction of sp³-hybridized carbons (Fsp3) is 0.581. The van der Waals surface area contributed by atoms with E-state index in [4.69, 9.17) is 11.6 Å². The molecule has 0 amide bonds. The summed E-state index contributed by atoms with van der Waals surface area (Å²) in [6.45, 7) is 16.6. The van der Waals surface area contributed by atoms with Crippen LogP contribution < -0.4 is 5.56 Å². The van der Waals surface area contributed by atoms with Gasteiger partial charge in [-0.3, -0.25) is 9.20 Å². The maximum Gasteiger partial charge on any atom is 0.254 e. The molecule has 2 atom stereocenters. The quantitative estimate of drug-likeness (QED) is 0.366. The molecule has 4 nitrogen and oxygen atoms in total. The van der Waals surface area contributed by atoms with Gasteiger partial charge in [0.25, 0.3) is 5.56 Å². The lowest BCUT2D eigenvalue weighted by Gasteiger charge is -2.51.